The molecule has 1 amide bonds. The summed E-state index contributed by atoms with van der Waals surface area (Å²) >= 11 is 0. The summed E-state index contributed by atoms with van der Waals surface area (Å²) in [6, 6.07) is 3.20. The second-order valence-corrected chi connectivity index (χ2v) is 5.57. The first kappa shape index (κ1) is 19.3. The highest BCUT2D eigenvalue weighted by Gasteiger charge is 2.35. The fourth-order valence-electron chi connectivity index (χ4n) is 2.75. The number of rotatable bonds is 6. The number of alkyl halides is 3. The molecule has 1 atom stereocenters. The summed E-state index contributed by atoms with van der Waals surface area (Å²) in [4.78, 5) is 17.3. The lowest BCUT2D eigenvalue weighted by Gasteiger charge is -2.22. The molecule has 0 radical (unpaired) electrons. The molecule has 1 aromatic rings. The van der Waals surface area contributed by atoms with E-state index in [9.17, 15) is 18.0 Å². The van der Waals surface area contributed by atoms with Crippen LogP contribution in [0.25, 0.3) is 5.57 Å². The highest BCUT2D eigenvalue weighted by atomic mass is 19.4. The van der Waals surface area contributed by atoms with Crippen LogP contribution < -0.4 is 4.74 Å². The monoisotopic (exact) mass is 359 g/mol. The van der Waals surface area contributed by atoms with Crippen LogP contribution in [0.4, 0.5) is 13.2 Å². The average Bonchev–Trinajstić information content (AvgIpc) is 3.06. The van der Waals surface area contributed by atoms with Crippen LogP contribution in [0.1, 0.15) is 24.0 Å². The Morgan fingerprint density at radius 2 is 2.04 bits per heavy atom. The number of hydroxylamine groups is 2. The van der Waals surface area contributed by atoms with Crippen LogP contribution in [-0.4, -0.2) is 39.0 Å². The van der Waals surface area contributed by atoms with Gasteiger partial charge in [-0.25, -0.2) is 5.06 Å². The van der Waals surface area contributed by atoms with Crippen LogP contribution in [0.2, 0.25) is 0 Å². The molecule has 0 aromatic heterocycles. The molecular weight excluding hydrogens is 339 g/mol. The average molecular weight is 359 g/mol. The zero-order chi connectivity index (χ0) is 18.6. The van der Waals surface area contributed by atoms with Crippen molar-refractivity contribution in [2.45, 2.75) is 19.0 Å². The van der Waals surface area contributed by atoms with Gasteiger partial charge in [0.25, 0.3) is 5.91 Å². The van der Waals surface area contributed by atoms with Crippen molar-refractivity contribution >= 4 is 11.5 Å². The Morgan fingerprint density at radius 1 is 1.32 bits per heavy atom. The summed E-state index contributed by atoms with van der Waals surface area (Å²) in [6.07, 6.45) is -1.64. The normalized spacial score (nSPS) is 17.4. The molecule has 5 nitrogen and oxygen atoms in total. The Bertz CT molecular complexity index is 658. The van der Waals surface area contributed by atoms with Gasteiger partial charge in [0.2, 0.25) is 0 Å². The number of hydrogen-bond donors (Lipinski definition) is 0. The van der Waals surface area contributed by atoms with Gasteiger partial charge in [-0.3, -0.25) is 9.63 Å². The largest absolute Gasteiger partial charge is 0.467 e. The fourth-order valence-corrected chi connectivity index (χ4v) is 2.75. The number of amides is 1. The molecule has 0 bridgehead atoms. The predicted molar refractivity (Wildman–Crippen MR) is 84.4 cm³/mol. The fraction of sp³-hybridized carbons (Fsp3) is 0.471. The minimum Gasteiger partial charge on any atom is -0.467 e. The number of carbonyl (C=O) groups is 1. The molecule has 2 rings (SSSR count). The van der Waals surface area contributed by atoms with Gasteiger partial charge in [-0.1, -0.05) is 6.08 Å². The number of benzene rings is 1. The summed E-state index contributed by atoms with van der Waals surface area (Å²) in [5, 5.41) is 1.08. The maximum atomic E-state index is 13.1. The lowest BCUT2D eigenvalue weighted by Crippen LogP contribution is -2.31. The quantitative estimate of drug-likeness (QED) is 0.576. The molecule has 0 aliphatic heterocycles. The van der Waals surface area contributed by atoms with Crippen molar-refractivity contribution in [2.75, 3.05) is 28.1 Å². The Morgan fingerprint density at radius 3 is 2.64 bits per heavy atom. The minimum absolute atomic E-state index is 0.109. The predicted octanol–water partition coefficient (Wildman–Crippen LogP) is 3.50. The van der Waals surface area contributed by atoms with E-state index in [1.807, 2.05) is 0 Å². The third-order valence-corrected chi connectivity index (χ3v) is 4.03. The zero-order valence-electron chi connectivity index (χ0n) is 14.2. The molecular formula is C17H20F3NO4. The molecule has 1 aromatic carbocycles. The van der Waals surface area contributed by atoms with Crippen molar-refractivity contribution < 1.29 is 32.3 Å². The molecule has 0 unspecified atom stereocenters. The van der Waals surface area contributed by atoms with Crippen LogP contribution in [0, 0.1) is 5.92 Å². The van der Waals surface area contributed by atoms with Crippen molar-refractivity contribution in [1.29, 1.82) is 0 Å². The van der Waals surface area contributed by atoms with E-state index >= 15 is 0 Å². The topological polar surface area (TPSA) is 48.0 Å². The van der Waals surface area contributed by atoms with Gasteiger partial charge >= 0.3 is 6.18 Å². The van der Waals surface area contributed by atoms with Crippen molar-refractivity contribution in [1.82, 2.24) is 5.06 Å². The number of methoxy groups -OCH3 is 1. The van der Waals surface area contributed by atoms with Gasteiger partial charge in [0, 0.05) is 19.7 Å². The lowest BCUT2D eigenvalue weighted by molar-refractivity contribution is -0.171. The van der Waals surface area contributed by atoms with E-state index < -0.39 is 17.7 Å². The summed E-state index contributed by atoms with van der Waals surface area (Å²) < 4.78 is 49.5. The first-order valence-electron chi connectivity index (χ1n) is 7.64. The molecule has 25 heavy (non-hydrogen) atoms. The lowest BCUT2D eigenvalue weighted by atomic mass is 9.92. The van der Waals surface area contributed by atoms with Crippen molar-refractivity contribution in [2.24, 2.45) is 5.92 Å². The van der Waals surface area contributed by atoms with Crippen LogP contribution in [0.3, 0.4) is 0 Å². The molecule has 138 valence electrons. The molecule has 1 aliphatic rings. The van der Waals surface area contributed by atoms with E-state index in [1.165, 1.54) is 27.3 Å². The second kappa shape index (κ2) is 7.88. The Kier molecular flexibility index (Phi) is 6.07. The SMILES string of the molecule is COCOc1ccc(C(F)(F)F)cc1C1=CCC[C@@H]1C(=O)N(C)OC. The molecule has 8 heteroatoms. The standard InChI is InChI=1S/C17H20F3NO4/c1-21(24-3)16(22)13-6-4-5-12(13)14-9-11(17(18,19)20)7-8-15(14)25-10-23-2/h5,7-9,13H,4,6,10H2,1-3H3/t13-/m0/s1. The summed E-state index contributed by atoms with van der Waals surface area (Å²) in [5.41, 5.74) is -0.0512. The van der Waals surface area contributed by atoms with Gasteiger partial charge in [0.15, 0.2) is 6.79 Å². The van der Waals surface area contributed by atoms with Crippen LogP contribution in [0.5, 0.6) is 5.75 Å². The molecule has 0 heterocycles. The summed E-state index contributed by atoms with van der Waals surface area (Å²) in [6.45, 7) is -0.109. The maximum absolute atomic E-state index is 13.1. The van der Waals surface area contributed by atoms with E-state index in [4.69, 9.17) is 14.3 Å². The number of ether oxygens (including phenoxy) is 2. The minimum atomic E-state index is -4.49. The van der Waals surface area contributed by atoms with Crippen molar-refractivity contribution in [3.05, 3.63) is 35.4 Å². The highest BCUT2D eigenvalue weighted by molar-refractivity contribution is 5.93. The number of nitrogens with zero attached hydrogens (tertiary/aromatic N) is 1. The Balaban J connectivity index is 2.45. The number of carbonyl (C=O) groups excluding carboxylic acids is 1. The molecule has 0 N–H and O–H groups in total. The molecule has 0 saturated heterocycles. The number of allylic oxidation sites excluding steroid dienone is 1. The second-order valence-electron chi connectivity index (χ2n) is 5.57. The van der Waals surface area contributed by atoms with E-state index in [0.717, 1.165) is 17.2 Å². The van der Waals surface area contributed by atoms with Crippen LogP contribution in [-0.2, 0) is 20.5 Å². The number of hydrogen-bond acceptors (Lipinski definition) is 4. The first-order valence-corrected chi connectivity index (χ1v) is 7.64. The smallest absolute Gasteiger partial charge is 0.416 e. The van der Waals surface area contributed by atoms with E-state index in [1.54, 1.807) is 6.08 Å². The molecule has 1 aliphatic carbocycles. The third kappa shape index (κ3) is 4.32. The molecule has 0 saturated carbocycles. The van der Waals surface area contributed by atoms with Crippen molar-refractivity contribution in [3.63, 3.8) is 0 Å². The van der Waals surface area contributed by atoms with Gasteiger partial charge < -0.3 is 9.47 Å². The van der Waals surface area contributed by atoms with E-state index in [2.05, 4.69) is 0 Å². The Labute approximate surface area is 143 Å². The first-order chi connectivity index (χ1) is 11.8. The van der Waals surface area contributed by atoms with Crippen LogP contribution >= 0.6 is 0 Å². The van der Waals surface area contributed by atoms with E-state index in [0.29, 0.717) is 18.4 Å². The van der Waals surface area contributed by atoms with Crippen LogP contribution in [0.15, 0.2) is 24.3 Å². The molecule has 0 spiro atoms. The van der Waals surface area contributed by atoms with Crippen molar-refractivity contribution in [3.8, 4) is 5.75 Å². The van der Waals surface area contributed by atoms with Gasteiger partial charge in [0.05, 0.1) is 18.6 Å². The van der Waals surface area contributed by atoms with Gasteiger partial charge in [0.1, 0.15) is 5.75 Å². The maximum Gasteiger partial charge on any atom is 0.416 e. The third-order valence-electron chi connectivity index (χ3n) is 4.03. The summed E-state index contributed by atoms with van der Waals surface area (Å²) in [7, 11) is 4.23. The van der Waals surface area contributed by atoms with E-state index in [-0.39, 0.29) is 24.0 Å². The van der Waals surface area contributed by atoms with Gasteiger partial charge in [-0.15, -0.1) is 0 Å². The van der Waals surface area contributed by atoms with Gasteiger partial charge in [-0.05, 0) is 36.6 Å². The zero-order valence-corrected chi connectivity index (χ0v) is 14.2. The summed E-state index contributed by atoms with van der Waals surface area (Å²) in [5.74, 6) is -0.666. The molecule has 0 fully saturated rings. The Hall–Kier alpha value is -2.06. The number of halogens is 3. The van der Waals surface area contributed by atoms with Gasteiger partial charge in [-0.2, -0.15) is 13.2 Å². The highest BCUT2D eigenvalue weighted by Crippen LogP contribution is 2.42.